The number of fused-ring (bicyclic) bond motifs is 1. The summed E-state index contributed by atoms with van der Waals surface area (Å²) in [5.74, 6) is -2.30. The van der Waals surface area contributed by atoms with Crippen LogP contribution in [0.1, 0.15) is 18.1 Å². The molecular formula is C26H19ClF4O. The second-order valence-corrected chi connectivity index (χ2v) is 7.83. The fraction of sp³-hybridized carbons (Fsp3) is 0.154. The van der Waals surface area contributed by atoms with Gasteiger partial charge in [0.25, 0.3) is 0 Å². The Labute approximate surface area is 188 Å². The molecule has 4 aromatic carbocycles. The van der Waals surface area contributed by atoms with E-state index in [0.717, 1.165) is 12.1 Å². The number of hydrogen-bond acceptors (Lipinski definition) is 1. The summed E-state index contributed by atoms with van der Waals surface area (Å²) in [6.07, 6.45) is 0.809. The van der Waals surface area contributed by atoms with Crippen molar-refractivity contribution in [3.63, 3.8) is 0 Å². The number of halogens is 5. The summed E-state index contributed by atoms with van der Waals surface area (Å²) >= 11 is 5.70. The number of ether oxygens (including phenoxy) is 1. The van der Waals surface area contributed by atoms with E-state index in [1.165, 1.54) is 24.3 Å². The first-order valence-electron chi connectivity index (χ1n) is 10.1. The van der Waals surface area contributed by atoms with E-state index in [-0.39, 0.29) is 16.3 Å². The van der Waals surface area contributed by atoms with E-state index in [9.17, 15) is 13.2 Å². The Morgan fingerprint density at radius 2 is 1.53 bits per heavy atom. The molecule has 0 bridgehead atoms. The van der Waals surface area contributed by atoms with Crippen LogP contribution in [0.25, 0.3) is 21.9 Å². The summed E-state index contributed by atoms with van der Waals surface area (Å²) in [5, 5.41) is 0.913. The summed E-state index contributed by atoms with van der Waals surface area (Å²) < 4.78 is 63.0. The zero-order valence-corrected chi connectivity index (χ0v) is 17.9. The van der Waals surface area contributed by atoms with Gasteiger partial charge in [0.2, 0.25) is 0 Å². The van der Waals surface area contributed by atoms with Crippen molar-refractivity contribution in [2.45, 2.75) is 19.8 Å². The first-order chi connectivity index (χ1) is 15.4. The molecule has 0 spiro atoms. The lowest BCUT2D eigenvalue weighted by molar-refractivity contribution is 0.336. The second-order valence-electron chi connectivity index (χ2n) is 7.42. The first kappa shape index (κ1) is 22.2. The third kappa shape index (κ3) is 4.44. The highest BCUT2D eigenvalue weighted by Crippen LogP contribution is 2.33. The van der Waals surface area contributed by atoms with Crippen LogP contribution in [0.5, 0.6) is 5.75 Å². The lowest BCUT2D eigenvalue weighted by atomic mass is 9.96. The average molecular weight is 459 g/mol. The minimum absolute atomic E-state index is 0.0434. The molecule has 0 radical (unpaired) electrons. The molecule has 32 heavy (non-hydrogen) atoms. The molecule has 4 aromatic rings. The van der Waals surface area contributed by atoms with Gasteiger partial charge in [-0.1, -0.05) is 41.9 Å². The second kappa shape index (κ2) is 9.21. The Balaban J connectivity index is 1.63. The molecule has 164 valence electrons. The van der Waals surface area contributed by atoms with Gasteiger partial charge in [0.05, 0.1) is 17.2 Å². The third-order valence-corrected chi connectivity index (χ3v) is 5.62. The van der Waals surface area contributed by atoms with Crippen LogP contribution in [0.2, 0.25) is 5.02 Å². The Bertz CT molecular complexity index is 1280. The SMILES string of the molecule is CCOc1cc(F)c(-c2ccc3c(F)c(CCc4ccc(Cl)c(F)c4)ccc3c2)c(F)c1. The molecule has 0 heterocycles. The van der Waals surface area contributed by atoms with E-state index in [2.05, 4.69) is 0 Å². The van der Waals surface area contributed by atoms with Gasteiger partial charge in [0.15, 0.2) is 0 Å². The van der Waals surface area contributed by atoms with Gasteiger partial charge in [-0.15, -0.1) is 0 Å². The van der Waals surface area contributed by atoms with Gasteiger partial charge in [0, 0.05) is 17.5 Å². The average Bonchev–Trinajstić information content (AvgIpc) is 2.75. The summed E-state index contributed by atoms with van der Waals surface area (Å²) in [6.45, 7) is 2.02. The van der Waals surface area contributed by atoms with Crippen molar-refractivity contribution in [2.24, 2.45) is 0 Å². The van der Waals surface area contributed by atoms with Crippen molar-refractivity contribution < 1.29 is 22.3 Å². The standard InChI is InChI=1S/C26H19ClF4O/c1-2-32-19-13-23(29)25(24(30)14-19)18-8-9-20-17(12-18)7-6-16(26(20)31)5-3-15-4-10-21(27)22(28)11-15/h4,6-14H,2-3,5H2,1H3. The van der Waals surface area contributed by atoms with Gasteiger partial charge in [-0.25, -0.2) is 17.6 Å². The normalized spacial score (nSPS) is 11.2. The van der Waals surface area contributed by atoms with Crippen molar-refractivity contribution in [2.75, 3.05) is 6.61 Å². The van der Waals surface area contributed by atoms with Crippen molar-refractivity contribution in [1.29, 1.82) is 0 Å². The van der Waals surface area contributed by atoms with E-state index in [1.54, 1.807) is 31.2 Å². The highest BCUT2D eigenvalue weighted by Gasteiger charge is 2.16. The number of hydrogen-bond donors (Lipinski definition) is 0. The van der Waals surface area contributed by atoms with Crippen LogP contribution >= 0.6 is 11.6 Å². The quantitative estimate of drug-likeness (QED) is 0.267. The molecule has 0 fully saturated rings. The van der Waals surface area contributed by atoms with Crippen molar-refractivity contribution in [1.82, 2.24) is 0 Å². The zero-order chi connectivity index (χ0) is 22.8. The molecule has 4 rings (SSSR count). The van der Waals surface area contributed by atoms with Gasteiger partial charge < -0.3 is 4.74 Å². The van der Waals surface area contributed by atoms with Crippen LogP contribution in [0, 0.1) is 23.3 Å². The van der Waals surface area contributed by atoms with E-state index in [4.69, 9.17) is 16.3 Å². The fourth-order valence-electron chi connectivity index (χ4n) is 3.74. The molecule has 6 heteroatoms. The van der Waals surface area contributed by atoms with E-state index in [1.807, 2.05) is 0 Å². The summed E-state index contributed by atoms with van der Waals surface area (Å²) in [5.41, 5.74) is 1.30. The number of aryl methyl sites for hydroxylation is 2. The smallest absolute Gasteiger partial charge is 0.142 e. The largest absolute Gasteiger partial charge is 0.494 e. The molecule has 0 amide bonds. The van der Waals surface area contributed by atoms with Crippen LogP contribution in [0.15, 0.2) is 60.7 Å². The Kier molecular flexibility index (Phi) is 6.38. The van der Waals surface area contributed by atoms with Gasteiger partial charge in [-0.2, -0.15) is 0 Å². The topological polar surface area (TPSA) is 9.23 Å². The lowest BCUT2D eigenvalue weighted by Gasteiger charge is -2.11. The predicted molar refractivity (Wildman–Crippen MR) is 119 cm³/mol. The van der Waals surface area contributed by atoms with Crippen LogP contribution in [-0.4, -0.2) is 6.61 Å². The fourth-order valence-corrected chi connectivity index (χ4v) is 3.85. The van der Waals surface area contributed by atoms with E-state index < -0.39 is 23.3 Å². The molecule has 0 aromatic heterocycles. The van der Waals surface area contributed by atoms with Gasteiger partial charge >= 0.3 is 0 Å². The third-order valence-electron chi connectivity index (χ3n) is 5.32. The van der Waals surface area contributed by atoms with Crippen LogP contribution < -0.4 is 4.74 Å². The molecule has 0 unspecified atom stereocenters. The minimum Gasteiger partial charge on any atom is -0.494 e. The Hall–Kier alpha value is -3.05. The highest BCUT2D eigenvalue weighted by atomic mass is 35.5. The number of rotatable bonds is 6. The Morgan fingerprint density at radius 1 is 0.781 bits per heavy atom. The molecule has 0 saturated heterocycles. The molecule has 0 atom stereocenters. The van der Waals surface area contributed by atoms with Crippen molar-refractivity contribution in [3.05, 3.63) is 100 Å². The maximum atomic E-state index is 15.1. The summed E-state index contributed by atoms with van der Waals surface area (Å²) in [7, 11) is 0. The number of benzene rings is 4. The van der Waals surface area contributed by atoms with Gasteiger partial charge in [0.1, 0.15) is 29.0 Å². The van der Waals surface area contributed by atoms with Crippen LogP contribution in [0.3, 0.4) is 0 Å². The predicted octanol–water partition coefficient (Wildman–Crippen LogP) is 7.90. The van der Waals surface area contributed by atoms with Crippen molar-refractivity contribution >= 4 is 22.4 Å². The first-order valence-corrected chi connectivity index (χ1v) is 10.5. The van der Waals surface area contributed by atoms with E-state index in [0.29, 0.717) is 46.9 Å². The lowest BCUT2D eigenvalue weighted by Crippen LogP contribution is -1.98. The molecular weight excluding hydrogens is 440 g/mol. The highest BCUT2D eigenvalue weighted by molar-refractivity contribution is 6.30. The zero-order valence-electron chi connectivity index (χ0n) is 17.2. The molecule has 0 aliphatic rings. The van der Waals surface area contributed by atoms with Gasteiger partial charge in [-0.05, 0) is 60.0 Å². The minimum atomic E-state index is -0.750. The maximum Gasteiger partial charge on any atom is 0.142 e. The van der Waals surface area contributed by atoms with Crippen LogP contribution in [0.4, 0.5) is 17.6 Å². The Morgan fingerprint density at radius 3 is 2.22 bits per heavy atom. The molecule has 0 saturated carbocycles. The molecule has 0 N–H and O–H groups in total. The summed E-state index contributed by atoms with van der Waals surface area (Å²) in [6, 6.07) is 14.7. The monoisotopic (exact) mass is 458 g/mol. The molecule has 1 nitrogen and oxygen atoms in total. The van der Waals surface area contributed by atoms with Crippen LogP contribution in [-0.2, 0) is 12.8 Å². The molecule has 0 aliphatic carbocycles. The van der Waals surface area contributed by atoms with E-state index >= 15 is 4.39 Å². The summed E-state index contributed by atoms with van der Waals surface area (Å²) in [4.78, 5) is 0. The molecule has 0 aliphatic heterocycles. The maximum absolute atomic E-state index is 15.1. The van der Waals surface area contributed by atoms with Gasteiger partial charge in [-0.3, -0.25) is 0 Å². The van der Waals surface area contributed by atoms with Crippen molar-refractivity contribution in [3.8, 4) is 16.9 Å².